The third kappa shape index (κ3) is 7.17. The van der Waals surface area contributed by atoms with Gasteiger partial charge in [-0.15, -0.1) is 11.8 Å². The second-order valence-electron chi connectivity index (χ2n) is 4.81. The van der Waals surface area contributed by atoms with E-state index in [-0.39, 0.29) is 6.09 Å². The van der Waals surface area contributed by atoms with Crippen LogP contribution in [0, 0.1) is 0 Å². The van der Waals surface area contributed by atoms with Gasteiger partial charge in [0.15, 0.2) is 0 Å². The molecule has 0 atom stereocenters. The molecule has 1 heterocycles. The van der Waals surface area contributed by atoms with E-state index in [9.17, 15) is 4.79 Å². The molecule has 5 heteroatoms. The molecule has 0 saturated heterocycles. The summed E-state index contributed by atoms with van der Waals surface area (Å²) in [6, 6.07) is 3.96. The van der Waals surface area contributed by atoms with Gasteiger partial charge in [-0.3, -0.25) is 4.98 Å². The van der Waals surface area contributed by atoms with Crippen molar-refractivity contribution in [2.24, 2.45) is 0 Å². The SMILES string of the molecule is CC(C)(C)OC(=O)NCCCSc1ccncc1. The third-order valence-corrected chi connectivity index (χ3v) is 3.01. The van der Waals surface area contributed by atoms with E-state index in [1.807, 2.05) is 32.9 Å². The van der Waals surface area contributed by atoms with Crippen LogP contribution in [0.3, 0.4) is 0 Å². The van der Waals surface area contributed by atoms with Gasteiger partial charge in [0.25, 0.3) is 0 Å². The standard InChI is InChI=1S/C13H20N2O2S/c1-13(2,3)17-12(16)15-7-4-10-18-11-5-8-14-9-6-11/h5-6,8-9H,4,7,10H2,1-3H3,(H,15,16). The molecule has 0 fully saturated rings. The van der Waals surface area contributed by atoms with Gasteiger partial charge in [-0.25, -0.2) is 4.79 Å². The van der Waals surface area contributed by atoms with Gasteiger partial charge in [0.2, 0.25) is 0 Å². The van der Waals surface area contributed by atoms with Crippen LogP contribution in [-0.2, 0) is 4.74 Å². The van der Waals surface area contributed by atoms with Gasteiger partial charge in [-0.2, -0.15) is 0 Å². The Hall–Kier alpha value is -1.23. The van der Waals surface area contributed by atoms with Gasteiger partial charge in [0.05, 0.1) is 0 Å². The van der Waals surface area contributed by atoms with Gasteiger partial charge in [0, 0.05) is 23.8 Å². The Morgan fingerprint density at radius 1 is 1.39 bits per heavy atom. The summed E-state index contributed by atoms with van der Waals surface area (Å²) in [6.45, 7) is 6.19. The van der Waals surface area contributed by atoms with E-state index in [0.717, 1.165) is 12.2 Å². The van der Waals surface area contributed by atoms with E-state index in [1.165, 1.54) is 4.90 Å². The molecule has 0 aliphatic carbocycles. The summed E-state index contributed by atoms with van der Waals surface area (Å²) in [6.07, 6.45) is 4.12. The van der Waals surface area contributed by atoms with Crippen LogP contribution in [0.1, 0.15) is 27.2 Å². The molecule has 1 N–H and O–H groups in total. The van der Waals surface area contributed by atoms with Gasteiger partial charge < -0.3 is 10.1 Å². The molecule has 0 spiro atoms. The molecule has 0 unspecified atom stereocenters. The van der Waals surface area contributed by atoms with Crippen LogP contribution in [-0.4, -0.2) is 29.0 Å². The van der Waals surface area contributed by atoms with Crippen molar-refractivity contribution >= 4 is 17.9 Å². The van der Waals surface area contributed by atoms with Crippen LogP contribution in [0.5, 0.6) is 0 Å². The number of alkyl carbamates (subject to hydrolysis) is 1. The number of carbonyl (C=O) groups is 1. The summed E-state index contributed by atoms with van der Waals surface area (Å²) in [7, 11) is 0. The topological polar surface area (TPSA) is 51.2 Å². The van der Waals surface area contributed by atoms with Crippen molar-refractivity contribution in [3.05, 3.63) is 24.5 Å². The zero-order chi connectivity index (χ0) is 13.4. The summed E-state index contributed by atoms with van der Waals surface area (Å²) in [4.78, 5) is 16.5. The average molecular weight is 268 g/mol. The summed E-state index contributed by atoms with van der Waals surface area (Å²) < 4.78 is 5.14. The highest BCUT2D eigenvalue weighted by molar-refractivity contribution is 7.99. The molecule has 0 radical (unpaired) electrons. The lowest BCUT2D eigenvalue weighted by molar-refractivity contribution is 0.0528. The number of nitrogens with one attached hydrogen (secondary N) is 1. The normalized spacial score (nSPS) is 11.1. The van der Waals surface area contributed by atoms with Crippen molar-refractivity contribution in [2.45, 2.75) is 37.7 Å². The molecule has 100 valence electrons. The zero-order valence-corrected chi connectivity index (χ0v) is 11.9. The van der Waals surface area contributed by atoms with Gasteiger partial charge in [-0.05, 0) is 45.1 Å². The predicted octanol–water partition coefficient (Wildman–Crippen LogP) is 3.09. The van der Waals surface area contributed by atoms with E-state index in [2.05, 4.69) is 10.3 Å². The van der Waals surface area contributed by atoms with Gasteiger partial charge >= 0.3 is 6.09 Å². The van der Waals surface area contributed by atoms with Crippen molar-refractivity contribution in [2.75, 3.05) is 12.3 Å². The number of thioether (sulfide) groups is 1. The Morgan fingerprint density at radius 2 is 2.06 bits per heavy atom. The maximum Gasteiger partial charge on any atom is 0.407 e. The Morgan fingerprint density at radius 3 is 2.67 bits per heavy atom. The Labute approximate surface area is 113 Å². The lowest BCUT2D eigenvalue weighted by Gasteiger charge is -2.19. The lowest BCUT2D eigenvalue weighted by Crippen LogP contribution is -2.33. The van der Waals surface area contributed by atoms with Gasteiger partial charge in [-0.1, -0.05) is 0 Å². The molecule has 0 aromatic carbocycles. The minimum Gasteiger partial charge on any atom is -0.444 e. The number of ether oxygens (including phenoxy) is 1. The molecular formula is C13H20N2O2S. The van der Waals surface area contributed by atoms with Crippen LogP contribution in [0.2, 0.25) is 0 Å². The van der Waals surface area contributed by atoms with E-state index in [1.54, 1.807) is 24.2 Å². The molecule has 0 aliphatic heterocycles. The predicted molar refractivity (Wildman–Crippen MR) is 73.8 cm³/mol. The number of aromatic nitrogens is 1. The van der Waals surface area contributed by atoms with E-state index < -0.39 is 5.60 Å². The maximum absolute atomic E-state index is 11.3. The molecule has 1 aromatic rings. The number of hydrogen-bond donors (Lipinski definition) is 1. The maximum atomic E-state index is 11.3. The highest BCUT2D eigenvalue weighted by Gasteiger charge is 2.15. The van der Waals surface area contributed by atoms with Crippen LogP contribution in [0.4, 0.5) is 4.79 Å². The number of amides is 1. The summed E-state index contributed by atoms with van der Waals surface area (Å²) >= 11 is 1.75. The summed E-state index contributed by atoms with van der Waals surface area (Å²) in [5.74, 6) is 0.958. The molecule has 1 aromatic heterocycles. The highest BCUT2D eigenvalue weighted by atomic mass is 32.2. The van der Waals surface area contributed by atoms with Crippen molar-refractivity contribution in [3.63, 3.8) is 0 Å². The molecule has 0 bridgehead atoms. The van der Waals surface area contributed by atoms with Crippen LogP contribution in [0.25, 0.3) is 0 Å². The first-order valence-electron chi connectivity index (χ1n) is 5.97. The molecule has 4 nitrogen and oxygen atoms in total. The molecule has 1 amide bonds. The van der Waals surface area contributed by atoms with Crippen molar-refractivity contribution in [1.82, 2.24) is 10.3 Å². The number of rotatable bonds is 5. The molecular weight excluding hydrogens is 248 g/mol. The summed E-state index contributed by atoms with van der Waals surface area (Å²) in [5.41, 5.74) is -0.435. The fourth-order valence-electron chi connectivity index (χ4n) is 1.20. The van der Waals surface area contributed by atoms with Crippen LogP contribution >= 0.6 is 11.8 Å². The third-order valence-electron chi connectivity index (χ3n) is 1.91. The molecule has 0 aliphatic rings. The average Bonchev–Trinajstić information content (AvgIpc) is 2.27. The first-order valence-corrected chi connectivity index (χ1v) is 6.95. The highest BCUT2D eigenvalue weighted by Crippen LogP contribution is 2.16. The first-order chi connectivity index (χ1) is 8.47. The second kappa shape index (κ2) is 7.26. The molecule has 1 rings (SSSR count). The van der Waals surface area contributed by atoms with Crippen molar-refractivity contribution < 1.29 is 9.53 Å². The number of pyridine rings is 1. The number of hydrogen-bond acceptors (Lipinski definition) is 4. The fraction of sp³-hybridized carbons (Fsp3) is 0.538. The van der Waals surface area contributed by atoms with Crippen molar-refractivity contribution in [1.29, 1.82) is 0 Å². The Bertz CT molecular complexity index is 363. The summed E-state index contributed by atoms with van der Waals surface area (Å²) in [5, 5.41) is 2.74. The fourth-order valence-corrected chi connectivity index (χ4v) is 2.04. The zero-order valence-electron chi connectivity index (χ0n) is 11.1. The van der Waals surface area contributed by atoms with Crippen LogP contribution < -0.4 is 5.32 Å². The molecule has 18 heavy (non-hydrogen) atoms. The monoisotopic (exact) mass is 268 g/mol. The minimum atomic E-state index is -0.435. The molecule has 0 saturated carbocycles. The second-order valence-corrected chi connectivity index (χ2v) is 5.98. The number of nitrogens with zero attached hydrogens (tertiary/aromatic N) is 1. The lowest BCUT2D eigenvalue weighted by atomic mass is 10.2. The van der Waals surface area contributed by atoms with E-state index in [0.29, 0.717) is 6.54 Å². The first kappa shape index (κ1) is 14.8. The van der Waals surface area contributed by atoms with E-state index in [4.69, 9.17) is 4.74 Å². The smallest absolute Gasteiger partial charge is 0.407 e. The quantitative estimate of drug-likeness (QED) is 0.658. The van der Waals surface area contributed by atoms with Crippen LogP contribution in [0.15, 0.2) is 29.4 Å². The largest absolute Gasteiger partial charge is 0.444 e. The Kier molecular flexibility index (Phi) is 5.98. The van der Waals surface area contributed by atoms with E-state index >= 15 is 0 Å². The van der Waals surface area contributed by atoms with Gasteiger partial charge in [0.1, 0.15) is 5.60 Å². The number of carbonyl (C=O) groups excluding carboxylic acids is 1. The minimum absolute atomic E-state index is 0.351. The Balaban J connectivity index is 2.07. The van der Waals surface area contributed by atoms with Crippen molar-refractivity contribution in [3.8, 4) is 0 Å².